The van der Waals surface area contributed by atoms with Crippen LogP contribution in [-0.2, 0) is 25.9 Å². The number of hydrogen-bond acceptors (Lipinski definition) is 3. The second-order valence-electron chi connectivity index (χ2n) is 8.40. The highest BCUT2D eigenvalue weighted by Gasteiger charge is 2.31. The molecule has 160 valence electrons. The van der Waals surface area contributed by atoms with Crippen molar-refractivity contribution in [1.82, 2.24) is 20.0 Å². The number of likely N-dealkylation sites (tertiary alicyclic amines) is 1. The smallest absolute Gasteiger partial charge is 0.274 e. The van der Waals surface area contributed by atoms with E-state index in [-0.39, 0.29) is 5.91 Å². The summed E-state index contributed by atoms with van der Waals surface area (Å²) in [5, 5.41) is 9.18. The molecule has 1 amide bonds. The number of carbonyl (C=O) groups is 1. The zero-order valence-electron chi connectivity index (χ0n) is 17.6. The van der Waals surface area contributed by atoms with Crippen LogP contribution in [0.1, 0.15) is 59.4 Å². The highest BCUT2D eigenvalue weighted by Crippen LogP contribution is 2.27. The Morgan fingerprint density at radius 3 is 2.80 bits per heavy atom. The van der Waals surface area contributed by atoms with Crippen molar-refractivity contribution in [1.29, 1.82) is 0 Å². The lowest BCUT2D eigenvalue weighted by Gasteiger charge is -2.25. The third-order valence-electron chi connectivity index (χ3n) is 6.23. The van der Waals surface area contributed by atoms with Gasteiger partial charge in [0.25, 0.3) is 5.91 Å². The molecular formula is C24H31ClN4O. The fourth-order valence-corrected chi connectivity index (χ4v) is 4.85. The molecule has 2 heterocycles. The Balaban J connectivity index is 1.52. The summed E-state index contributed by atoms with van der Waals surface area (Å²) in [6, 6.07) is 8.29. The number of rotatable bonds is 6. The maximum absolute atomic E-state index is 13.4. The Kier molecular flexibility index (Phi) is 6.90. The van der Waals surface area contributed by atoms with Crippen molar-refractivity contribution in [2.24, 2.45) is 0 Å². The zero-order valence-corrected chi connectivity index (χ0v) is 18.3. The van der Waals surface area contributed by atoms with Crippen LogP contribution in [0.4, 0.5) is 0 Å². The molecule has 1 aromatic carbocycles. The predicted octanol–water partition coefficient (Wildman–Crippen LogP) is 4.39. The maximum Gasteiger partial charge on any atom is 0.274 e. The summed E-state index contributed by atoms with van der Waals surface area (Å²) in [7, 11) is 0. The molecule has 1 N–H and O–H groups in total. The zero-order chi connectivity index (χ0) is 20.9. The van der Waals surface area contributed by atoms with E-state index in [1.807, 2.05) is 33.9 Å². The lowest BCUT2D eigenvalue weighted by Crippen LogP contribution is -2.36. The van der Waals surface area contributed by atoms with Gasteiger partial charge in [-0.1, -0.05) is 42.7 Å². The Morgan fingerprint density at radius 1 is 1.27 bits per heavy atom. The van der Waals surface area contributed by atoms with Crippen molar-refractivity contribution in [3.8, 4) is 0 Å². The molecule has 1 fully saturated rings. The number of halogens is 1. The number of amides is 1. The minimum absolute atomic E-state index is 0.103. The third kappa shape index (κ3) is 4.79. The van der Waals surface area contributed by atoms with Gasteiger partial charge in [-0.05, 0) is 49.8 Å². The van der Waals surface area contributed by atoms with E-state index >= 15 is 0 Å². The van der Waals surface area contributed by atoms with Gasteiger partial charge in [0.1, 0.15) is 0 Å². The topological polar surface area (TPSA) is 50.2 Å². The van der Waals surface area contributed by atoms with E-state index in [1.54, 1.807) is 0 Å². The van der Waals surface area contributed by atoms with E-state index in [0.717, 1.165) is 62.3 Å². The molecule has 0 saturated carbocycles. The van der Waals surface area contributed by atoms with E-state index in [4.69, 9.17) is 16.7 Å². The Labute approximate surface area is 184 Å². The summed E-state index contributed by atoms with van der Waals surface area (Å²) in [4.78, 5) is 15.4. The number of hydrogen-bond donors (Lipinski definition) is 1. The first kappa shape index (κ1) is 21.1. The molecule has 0 radical (unpaired) electrons. The molecule has 0 spiro atoms. The minimum atomic E-state index is 0.103. The van der Waals surface area contributed by atoms with E-state index in [9.17, 15) is 4.79 Å². The molecule has 0 bridgehead atoms. The average Bonchev–Trinajstić information content (AvgIpc) is 2.92. The van der Waals surface area contributed by atoms with Crippen molar-refractivity contribution in [2.75, 3.05) is 13.1 Å². The summed E-state index contributed by atoms with van der Waals surface area (Å²) in [5.41, 5.74) is 4.16. The Bertz CT molecular complexity index is 899. The van der Waals surface area contributed by atoms with Gasteiger partial charge in [0, 0.05) is 42.0 Å². The van der Waals surface area contributed by atoms with Gasteiger partial charge < -0.3 is 10.2 Å². The van der Waals surface area contributed by atoms with Crippen molar-refractivity contribution in [2.45, 2.75) is 64.1 Å². The largest absolute Gasteiger partial charge is 0.337 e. The van der Waals surface area contributed by atoms with Crippen LogP contribution in [0, 0.1) is 0 Å². The van der Waals surface area contributed by atoms with Crippen LogP contribution in [0.5, 0.6) is 0 Å². The van der Waals surface area contributed by atoms with Gasteiger partial charge in [-0.2, -0.15) is 5.10 Å². The SMILES string of the molecule is C=CCn1nc(C(=O)N2CCCCCC2)c2c1CCC(NCc1cccc(Cl)c1)C2. The Morgan fingerprint density at radius 2 is 2.07 bits per heavy atom. The number of aromatic nitrogens is 2. The summed E-state index contributed by atoms with van der Waals surface area (Å²) in [5.74, 6) is 0.103. The maximum atomic E-state index is 13.4. The molecule has 6 heteroatoms. The number of fused-ring (bicyclic) bond motifs is 1. The van der Waals surface area contributed by atoms with Gasteiger partial charge in [0.2, 0.25) is 0 Å². The fourth-order valence-electron chi connectivity index (χ4n) is 4.64. The van der Waals surface area contributed by atoms with Gasteiger partial charge in [0.15, 0.2) is 5.69 Å². The second kappa shape index (κ2) is 9.80. The van der Waals surface area contributed by atoms with Crippen LogP contribution in [0.3, 0.4) is 0 Å². The highest BCUT2D eigenvalue weighted by molar-refractivity contribution is 6.30. The highest BCUT2D eigenvalue weighted by atomic mass is 35.5. The molecule has 5 nitrogen and oxygen atoms in total. The minimum Gasteiger partial charge on any atom is -0.337 e. The van der Waals surface area contributed by atoms with E-state index in [0.29, 0.717) is 18.3 Å². The number of nitrogens with one attached hydrogen (secondary N) is 1. The van der Waals surface area contributed by atoms with Crippen molar-refractivity contribution < 1.29 is 4.79 Å². The van der Waals surface area contributed by atoms with Gasteiger partial charge in [-0.3, -0.25) is 9.48 Å². The van der Waals surface area contributed by atoms with Crippen LogP contribution in [-0.4, -0.2) is 39.7 Å². The summed E-state index contributed by atoms with van der Waals surface area (Å²) in [6.45, 7) is 6.98. The molecule has 2 aromatic rings. The normalized spacial score (nSPS) is 19.2. The summed E-state index contributed by atoms with van der Waals surface area (Å²) in [6.07, 6.45) is 9.25. The molecule has 1 atom stereocenters. The molecular weight excluding hydrogens is 396 g/mol. The molecule has 1 aliphatic heterocycles. The molecule has 4 rings (SSSR count). The monoisotopic (exact) mass is 426 g/mol. The van der Waals surface area contributed by atoms with Gasteiger partial charge in [0.05, 0.1) is 6.54 Å². The molecule has 1 unspecified atom stereocenters. The van der Waals surface area contributed by atoms with E-state index in [1.165, 1.54) is 24.1 Å². The van der Waals surface area contributed by atoms with Gasteiger partial charge in [-0.15, -0.1) is 6.58 Å². The number of benzene rings is 1. The van der Waals surface area contributed by atoms with E-state index in [2.05, 4.69) is 18.0 Å². The standard InChI is InChI=1S/C24H31ClN4O/c1-2-12-29-22-11-10-20(26-17-18-8-7-9-19(25)15-18)16-21(22)23(27-29)24(30)28-13-5-3-4-6-14-28/h2,7-9,15,20,26H,1,3-6,10-14,16-17H2. The van der Waals surface area contributed by atoms with Crippen LogP contribution in [0.15, 0.2) is 36.9 Å². The van der Waals surface area contributed by atoms with Crippen molar-refractivity contribution >= 4 is 17.5 Å². The molecule has 2 aliphatic rings. The average molecular weight is 427 g/mol. The molecule has 1 aliphatic carbocycles. The lowest BCUT2D eigenvalue weighted by atomic mass is 9.91. The molecule has 30 heavy (non-hydrogen) atoms. The predicted molar refractivity (Wildman–Crippen MR) is 121 cm³/mol. The van der Waals surface area contributed by atoms with Crippen molar-refractivity contribution in [3.05, 3.63) is 64.5 Å². The van der Waals surface area contributed by atoms with Crippen molar-refractivity contribution in [3.63, 3.8) is 0 Å². The van der Waals surface area contributed by atoms with Crippen LogP contribution < -0.4 is 5.32 Å². The molecule has 1 saturated heterocycles. The summed E-state index contributed by atoms with van der Waals surface area (Å²) >= 11 is 6.12. The van der Waals surface area contributed by atoms with Crippen LogP contribution >= 0.6 is 11.6 Å². The second-order valence-corrected chi connectivity index (χ2v) is 8.84. The Hall–Kier alpha value is -2.11. The number of nitrogens with zero attached hydrogens (tertiary/aromatic N) is 3. The van der Waals surface area contributed by atoms with Gasteiger partial charge >= 0.3 is 0 Å². The first-order valence-electron chi connectivity index (χ1n) is 11.1. The van der Waals surface area contributed by atoms with E-state index < -0.39 is 0 Å². The lowest BCUT2D eigenvalue weighted by molar-refractivity contribution is 0.0753. The quantitative estimate of drug-likeness (QED) is 0.697. The third-order valence-corrected chi connectivity index (χ3v) is 6.46. The van der Waals surface area contributed by atoms with Gasteiger partial charge in [-0.25, -0.2) is 0 Å². The first-order chi connectivity index (χ1) is 14.7. The summed E-state index contributed by atoms with van der Waals surface area (Å²) < 4.78 is 1.99. The number of allylic oxidation sites excluding steroid dienone is 1. The van der Waals surface area contributed by atoms with Crippen LogP contribution in [0.2, 0.25) is 5.02 Å². The van der Waals surface area contributed by atoms with Crippen LogP contribution in [0.25, 0.3) is 0 Å². The number of carbonyl (C=O) groups excluding carboxylic acids is 1. The molecule has 1 aromatic heterocycles. The fraction of sp³-hybridized carbons (Fsp3) is 0.500. The first-order valence-corrected chi connectivity index (χ1v) is 11.5.